The van der Waals surface area contributed by atoms with Gasteiger partial charge < -0.3 is 5.11 Å². The number of allylic oxidation sites excluding steroid dienone is 1. The van der Waals surface area contributed by atoms with Crippen molar-refractivity contribution in [2.45, 2.75) is 17.4 Å². The highest BCUT2D eigenvalue weighted by atomic mass is 79.9. The Bertz CT molecular complexity index is 96.3. The van der Waals surface area contributed by atoms with Gasteiger partial charge in [0.1, 0.15) is 4.51 Å². The van der Waals surface area contributed by atoms with Crippen molar-refractivity contribution in [3.05, 3.63) is 12.2 Å². The molecule has 0 fully saturated rings. The molecule has 1 aliphatic carbocycles. The number of hydrogen-bond acceptors (Lipinski definition) is 1. The lowest BCUT2D eigenvalue weighted by Crippen LogP contribution is -2.10. The second-order valence-electron chi connectivity index (χ2n) is 1.76. The van der Waals surface area contributed by atoms with Gasteiger partial charge in [-0.2, -0.15) is 0 Å². The average molecular weight is 163 g/mol. The van der Waals surface area contributed by atoms with Crippen LogP contribution in [0.5, 0.6) is 0 Å². The van der Waals surface area contributed by atoms with Gasteiger partial charge in [-0.3, -0.25) is 0 Å². The van der Waals surface area contributed by atoms with Gasteiger partial charge in [0.15, 0.2) is 0 Å². The lowest BCUT2D eigenvalue weighted by atomic mass is 10.3. The zero-order chi connectivity index (χ0) is 5.33. The maximum atomic E-state index is 9.02. The molecule has 1 aliphatic rings. The van der Waals surface area contributed by atoms with Gasteiger partial charge >= 0.3 is 0 Å². The summed E-state index contributed by atoms with van der Waals surface area (Å²) in [5.41, 5.74) is 0. The third-order valence-electron chi connectivity index (χ3n) is 1.03. The molecule has 1 unspecified atom stereocenters. The van der Waals surface area contributed by atoms with Gasteiger partial charge in [-0.25, -0.2) is 0 Å². The molecule has 7 heavy (non-hydrogen) atoms. The highest BCUT2D eigenvalue weighted by molar-refractivity contribution is 9.10. The second kappa shape index (κ2) is 1.60. The highest BCUT2D eigenvalue weighted by Crippen LogP contribution is 2.27. The molecule has 0 aromatic rings. The molecular weight excluding hydrogens is 156 g/mol. The monoisotopic (exact) mass is 162 g/mol. The molecular formula is C5H7BrO. The molecule has 1 atom stereocenters. The first-order chi connectivity index (χ1) is 3.21. The van der Waals surface area contributed by atoms with Gasteiger partial charge in [-0.1, -0.05) is 6.08 Å². The SMILES string of the molecule is OC1(Br)C=CCC1. The van der Waals surface area contributed by atoms with E-state index in [-0.39, 0.29) is 0 Å². The van der Waals surface area contributed by atoms with Crippen molar-refractivity contribution in [1.29, 1.82) is 0 Å². The third-order valence-corrected chi connectivity index (χ3v) is 1.70. The van der Waals surface area contributed by atoms with E-state index >= 15 is 0 Å². The molecule has 1 rings (SSSR count). The van der Waals surface area contributed by atoms with Crippen LogP contribution in [0.2, 0.25) is 0 Å². The predicted molar refractivity (Wildman–Crippen MR) is 32.3 cm³/mol. The van der Waals surface area contributed by atoms with Crippen molar-refractivity contribution in [2.75, 3.05) is 0 Å². The molecule has 40 valence electrons. The van der Waals surface area contributed by atoms with E-state index in [1.807, 2.05) is 6.08 Å². The quantitative estimate of drug-likeness (QED) is 0.423. The summed E-state index contributed by atoms with van der Waals surface area (Å²) in [5, 5.41) is 9.02. The Kier molecular flexibility index (Phi) is 1.22. The summed E-state index contributed by atoms with van der Waals surface area (Å²) in [5.74, 6) is 0. The molecule has 0 aliphatic heterocycles. The van der Waals surface area contributed by atoms with Crippen LogP contribution in [0.25, 0.3) is 0 Å². The Morgan fingerprint density at radius 1 is 1.71 bits per heavy atom. The lowest BCUT2D eigenvalue weighted by molar-refractivity contribution is 0.195. The normalized spacial score (nSPS) is 39.7. The van der Waals surface area contributed by atoms with E-state index in [1.54, 1.807) is 6.08 Å². The Morgan fingerprint density at radius 3 is 2.57 bits per heavy atom. The topological polar surface area (TPSA) is 20.2 Å². The minimum Gasteiger partial charge on any atom is -0.375 e. The van der Waals surface area contributed by atoms with E-state index in [0.717, 1.165) is 12.8 Å². The van der Waals surface area contributed by atoms with E-state index < -0.39 is 4.51 Å². The fourth-order valence-electron chi connectivity index (χ4n) is 0.633. The van der Waals surface area contributed by atoms with Crippen LogP contribution >= 0.6 is 15.9 Å². The first-order valence-electron chi connectivity index (χ1n) is 2.30. The van der Waals surface area contributed by atoms with Crippen molar-refractivity contribution < 1.29 is 5.11 Å². The van der Waals surface area contributed by atoms with Crippen LogP contribution in [0.4, 0.5) is 0 Å². The molecule has 0 amide bonds. The van der Waals surface area contributed by atoms with Gasteiger partial charge in [0.2, 0.25) is 0 Å². The summed E-state index contributed by atoms with van der Waals surface area (Å²) in [6.07, 6.45) is 5.54. The molecule has 0 spiro atoms. The number of hydrogen-bond donors (Lipinski definition) is 1. The van der Waals surface area contributed by atoms with Gasteiger partial charge in [-0.15, -0.1) is 0 Å². The third kappa shape index (κ3) is 1.28. The van der Waals surface area contributed by atoms with Crippen molar-refractivity contribution in [3.63, 3.8) is 0 Å². The Morgan fingerprint density at radius 2 is 2.43 bits per heavy atom. The summed E-state index contributed by atoms with van der Waals surface area (Å²) in [6.45, 7) is 0. The van der Waals surface area contributed by atoms with Gasteiger partial charge in [-0.05, 0) is 34.8 Å². The van der Waals surface area contributed by atoms with E-state index in [9.17, 15) is 0 Å². The summed E-state index contributed by atoms with van der Waals surface area (Å²) in [4.78, 5) is 0. The average Bonchev–Trinajstić information content (AvgIpc) is 1.84. The molecule has 1 nitrogen and oxygen atoms in total. The van der Waals surface area contributed by atoms with Gasteiger partial charge in [0.05, 0.1) is 0 Å². The molecule has 0 heterocycles. The van der Waals surface area contributed by atoms with Crippen LogP contribution in [-0.2, 0) is 0 Å². The Balaban J connectivity index is 2.57. The van der Waals surface area contributed by atoms with Crippen LogP contribution in [0.1, 0.15) is 12.8 Å². The molecule has 2 heteroatoms. The summed E-state index contributed by atoms with van der Waals surface area (Å²) in [7, 11) is 0. The smallest absolute Gasteiger partial charge is 0.138 e. The molecule has 0 saturated carbocycles. The first-order valence-corrected chi connectivity index (χ1v) is 3.09. The van der Waals surface area contributed by atoms with E-state index in [2.05, 4.69) is 15.9 Å². The minimum absolute atomic E-state index is 0.674. The largest absolute Gasteiger partial charge is 0.375 e. The van der Waals surface area contributed by atoms with Gasteiger partial charge in [0.25, 0.3) is 0 Å². The molecule has 0 aromatic heterocycles. The number of alkyl halides is 1. The number of aliphatic hydroxyl groups is 1. The molecule has 1 N–H and O–H groups in total. The highest BCUT2D eigenvalue weighted by Gasteiger charge is 2.20. The molecule has 0 radical (unpaired) electrons. The zero-order valence-electron chi connectivity index (χ0n) is 3.89. The summed E-state index contributed by atoms with van der Waals surface area (Å²) < 4.78 is -0.674. The van der Waals surface area contributed by atoms with Gasteiger partial charge in [0, 0.05) is 0 Å². The van der Waals surface area contributed by atoms with Crippen LogP contribution in [0.15, 0.2) is 12.2 Å². The Hall–Kier alpha value is 0.180. The summed E-state index contributed by atoms with van der Waals surface area (Å²) >= 11 is 3.11. The minimum atomic E-state index is -0.674. The zero-order valence-corrected chi connectivity index (χ0v) is 5.48. The fraction of sp³-hybridized carbons (Fsp3) is 0.600. The second-order valence-corrected chi connectivity index (χ2v) is 3.13. The maximum absolute atomic E-state index is 9.02. The molecule has 0 bridgehead atoms. The van der Waals surface area contributed by atoms with E-state index in [0.29, 0.717) is 0 Å². The number of halogens is 1. The van der Waals surface area contributed by atoms with Crippen LogP contribution in [-0.4, -0.2) is 9.62 Å². The van der Waals surface area contributed by atoms with Crippen molar-refractivity contribution in [2.24, 2.45) is 0 Å². The van der Waals surface area contributed by atoms with E-state index in [4.69, 9.17) is 5.11 Å². The van der Waals surface area contributed by atoms with Crippen LogP contribution in [0, 0.1) is 0 Å². The number of rotatable bonds is 0. The van der Waals surface area contributed by atoms with Crippen LogP contribution < -0.4 is 0 Å². The standard InChI is InChI=1S/C5H7BrO/c6-5(7)3-1-2-4-5/h1,3,7H,2,4H2. The lowest BCUT2D eigenvalue weighted by Gasteiger charge is -2.07. The Labute approximate surface area is 51.2 Å². The van der Waals surface area contributed by atoms with Crippen molar-refractivity contribution in [1.82, 2.24) is 0 Å². The maximum Gasteiger partial charge on any atom is 0.138 e. The first kappa shape index (κ1) is 5.32. The van der Waals surface area contributed by atoms with Crippen molar-refractivity contribution >= 4 is 15.9 Å². The van der Waals surface area contributed by atoms with E-state index in [1.165, 1.54) is 0 Å². The van der Waals surface area contributed by atoms with Crippen LogP contribution in [0.3, 0.4) is 0 Å². The predicted octanol–water partition coefficient (Wildman–Crippen LogP) is 1.42. The summed E-state index contributed by atoms with van der Waals surface area (Å²) in [6, 6.07) is 0. The van der Waals surface area contributed by atoms with Crippen molar-refractivity contribution in [3.8, 4) is 0 Å². The fourth-order valence-corrected chi connectivity index (χ4v) is 1.05. The molecule has 0 saturated heterocycles. The molecule has 0 aromatic carbocycles.